The van der Waals surface area contributed by atoms with Crippen LogP contribution in [-0.4, -0.2) is 59.1 Å². The molecule has 0 bridgehead atoms. The van der Waals surface area contributed by atoms with E-state index >= 15 is 0 Å². The van der Waals surface area contributed by atoms with Crippen molar-refractivity contribution in [1.29, 1.82) is 0 Å². The summed E-state index contributed by atoms with van der Waals surface area (Å²) in [6.07, 6.45) is -1.99. The number of fused-ring (bicyclic) bond motifs is 3. The van der Waals surface area contributed by atoms with Crippen LogP contribution < -0.4 is 0 Å². The fraction of sp³-hybridized carbons (Fsp3) is 0.696. The number of rotatable bonds is 3. The minimum absolute atomic E-state index is 0.112. The van der Waals surface area contributed by atoms with Gasteiger partial charge in [-0.1, -0.05) is 30.3 Å². The van der Waals surface area contributed by atoms with Crippen LogP contribution in [-0.2, 0) is 35.0 Å². The van der Waals surface area contributed by atoms with Crippen LogP contribution >= 0.6 is 0 Å². The zero-order valence-corrected chi connectivity index (χ0v) is 18.5. The molecule has 4 aliphatic heterocycles. The number of amides is 1. The molecule has 4 saturated heterocycles. The molecule has 0 aromatic heterocycles. The SMILES string of the molecule is CC1(C)O[C@@H]2[C@H](O1)[C@H]1OC(C)(C)O[C@H]1O[C@@H]2[C@H]1N(Cc2ccccc2)C(=O)C1(C)C. The molecule has 1 aromatic carbocycles. The van der Waals surface area contributed by atoms with Crippen LogP contribution in [0, 0.1) is 5.41 Å². The Bertz CT molecular complexity index is 837. The van der Waals surface area contributed by atoms with Crippen LogP contribution in [0.15, 0.2) is 30.3 Å². The van der Waals surface area contributed by atoms with Gasteiger partial charge in [0, 0.05) is 6.54 Å². The minimum Gasteiger partial charge on any atom is -0.342 e. The molecule has 5 rings (SSSR count). The van der Waals surface area contributed by atoms with E-state index in [9.17, 15) is 4.79 Å². The maximum Gasteiger partial charge on any atom is 0.231 e. The molecular formula is C23H31NO6. The first-order valence-electron chi connectivity index (χ1n) is 10.7. The monoisotopic (exact) mass is 417 g/mol. The van der Waals surface area contributed by atoms with Crippen LogP contribution in [0.3, 0.4) is 0 Å². The molecule has 0 N–H and O–H groups in total. The lowest BCUT2D eigenvalue weighted by Gasteiger charge is -2.58. The Morgan fingerprint density at radius 2 is 1.37 bits per heavy atom. The van der Waals surface area contributed by atoms with E-state index in [0.717, 1.165) is 5.56 Å². The molecule has 7 nitrogen and oxygen atoms in total. The molecule has 0 unspecified atom stereocenters. The number of β-lactam (4-membered cyclic amide) rings is 1. The average Bonchev–Trinajstić information content (AvgIpc) is 3.15. The van der Waals surface area contributed by atoms with Gasteiger partial charge in [0.05, 0.1) is 11.5 Å². The van der Waals surface area contributed by atoms with Crippen molar-refractivity contribution < 1.29 is 28.5 Å². The normalized spacial score (nSPS) is 40.6. The van der Waals surface area contributed by atoms with Crippen molar-refractivity contribution in [2.75, 3.05) is 0 Å². The Labute approximate surface area is 177 Å². The van der Waals surface area contributed by atoms with Crippen molar-refractivity contribution >= 4 is 5.91 Å². The van der Waals surface area contributed by atoms with E-state index in [1.807, 2.05) is 76.8 Å². The van der Waals surface area contributed by atoms with Gasteiger partial charge in [0.25, 0.3) is 0 Å². The second kappa shape index (κ2) is 6.50. The van der Waals surface area contributed by atoms with Gasteiger partial charge in [0.1, 0.15) is 24.4 Å². The molecule has 0 radical (unpaired) electrons. The zero-order chi connectivity index (χ0) is 21.5. The standard InChI is InChI=1S/C23H31NO6/c1-21(2)18(24(20(21)25)12-13-10-8-7-9-11-13)16-14-15(28-22(3,4)27-14)17-19(26-16)30-23(5,6)29-17/h7-11,14-19H,12H2,1-6H3/t14-,15+,16+,17-,18-,19-/m1/s1. The van der Waals surface area contributed by atoms with Crippen molar-refractivity contribution in [3.63, 3.8) is 0 Å². The van der Waals surface area contributed by atoms with Gasteiger partial charge in [-0.25, -0.2) is 0 Å². The van der Waals surface area contributed by atoms with Crippen molar-refractivity contribution in [3.8, 4) is 0 Å². The molecular weight excluding hydrogens is 386 g/mol. The first-order chi connectivity index (χ1) is 14.0. The number of nitrogens with zero attached hydrogens (tertiary/aromatic N) is 1. The van der Waals surface area contributed by atoms with E-state index in [1.165, 1.54) is 0 Å². The Morgan fingerprint density at radius 1 is 0.800 bits per heavy atom. The number of hydrogen-bond acceptors (Lipinski definition) is 6. The molecule has 164 valence electrons. The third-order valence-electron chi connectivity index (χ3n) is 6.58. The van der Waals surface area contributed by atoms with Crippen LogP contribution in [0.5, 0.6) is 0 Å². The molecule has 0 saturated carbocycles. The average molecular weight is 418 g/mol. The Balaban J connectivity index is 1.47. The van der Waals surface area contributed by atoms with Crippen LogP contribution in [0.1, 0.15) is 47.1 Å². The molecule has 6 atom stereocenters. The fourth-order valence-corrected chi connectivity index (χ4v) is 5.38. The summed E-state index contributed by atoms with van der Waals surface area (Å²) < 4.78 is 31.2. The van der Waals surface area contributed by atoms with Crippen molar-refractivity contribution in [1.82, 2.24) is 4.90 Å². The second-order valence-corrected chi connectivity index (χ2v) is 10.2. The fourth-order valence-electron chi connectivity index (χ4n) is 5.38. The summed E-state index contributed by atoms with van der Waals surface area (Å²) in [5.41, 5.74) is 0.518. The largest absolute Gasteiger partial charge is 0.342 e. The highest BCUT2D eigenvalue weighted by molar-refractivity contribution is 5.89. The summed E-state index contributed by atoms with van der Waals surface area (Å²) in [5, 5.41) is 0. The first kappa shape index (κ1) is 20.4. The third-order valence-corrected chi connectivity index (χ3v) is 6.58. The van der Waals surface area contributed by atoms with Crippen LogP contribution in [0.4, 0.5) is 0 Å². The van der Waals surface area contributed by atoms with Gasteiger partial charge in [-0.3, -0.25) is 4.79 Å². The first-order valence-corrected chi connectivity index (χ1v) is 10.7. The molecule has 0 aliphatic carbocycles. The van der Waals surface area contributed by atoms with E-state index in [-0.39, 0.29) is 36.4 Å². The van der Waals surface area contributed by atoms with E-state index in [4.69, 9.17) is 23.7 Å². The Morgan fingerprint density at radius 3 is 2.03 bits per heavy atom. The molecule has 30 heavy (non-hydrogen) atoms. The highest BCUT2D eigenvalue weighted by Crippen LogP contribution is 2.50. The predicted octanol–water partition coefficient (Wildman–Crippen LogP) is 2.82. The lowest BCUT2D eigenvalue weighted by Crippen LogP contribution is -2.74. The second-order valence-electron chi connectivity index (χ2n) is 10.2. The van der Waals surface area contributed by atoms with Crippen LogP contribution in [0.2, 0.25) is 0 Å². The quantitative estimate of drug-likeness (QED) is 0.705. The number of ether oxygens (including phenoxy) is 5. The van der Waals surface area contributed by atoms with Gasteiger partial charge in [-0.15, -0.1) is 0 Å². The molecule has 1 amide bonds. The third kappa shape index (κ3) is 3.10. The molecule has 7 heteroatoms. The molecule has 4 fully saturated rings. The number of carbonyl (C=O) groups excluding carboxylic acids is 1. The summed E-state index contributed by atoms with van der Waals surface area (Å²) >= 11 is 0. The summed E-state index contributed by atoms with van der Waals surface area (Å²) in [7, 11) is 0. The van der Waals surface area contributed by atoms with Gasteiger partial charge in [0.2, 0.25) is 5.91 Å². The van der Waals surface area contributed by atoms with Gasteiger partial charge in [-0.05, 0) is 47.1 Å². The van der Waals surface area contributed by atoms with E-state index < -0.39 is 23.3 Å². The lowest BCUT2D eigenvalue weighted by molar-refractivity contribution is -0.266. The zero-order valence-electron chi connectivity index (χ0n) is 18.5. The lowest BCUT2D eigenvalue weighted by atomic mass is 9.69. The summed E-state index contributed by atoms with van der Waals surface area (Å²) in [5.74, 6) is -1.41. The number of carbonyl (C=O) groups is 1. The van der Waals surface area contributed by atoms with Gasteiger partial charge < -0.3 is 28.6 Å². The van der Waals surface area contributed by atoms with Crippen molar-refractivity contribution in [2.45, 2.75) is 96.4 Å². The van der Waals surface area contributed by atoms with E-state index in [2.05, 4.69) is 0 Å². The highest BCUT2D eigenvalue weighted by Gasteiger charge is 2.67. The summed E-state index contributed by atoms with van der Waals surface area (Å²) in [6.45, 7) is 12.0. The topological polar surface area (TPSA) is 66.5 Å². The summed E-state index contributed by atoms with van der Waals surface area (Å²) in [6, 6.07) is 9.85. The Hall–Kier alpha value is -1.51. The van der Waals surface area contributed by atoms with Crippen LogP contribution in [0.25, 0.3) is 0 Å². The number of hydrogen-bond donors (Lipinski definition) is 0. The molecule has 1 aromatic rings. The number of benzene rings is 1. The van der Waals surface area contributed by atoms with Gasteiger partial charge >= 0.3 is 0 Å². The molecule has 4 aliphatic rings. The van der Waals surface area contributed by atoms with Gasteiger partial charge in [-0.2, -0.15) is 0 Å². The van der Waals surface area contributed by atoms with Crippen molar-refractivity contribution in [2.24, 2.45) is 5.41 Å². The predicted molar refractivity (Wildman–Crippen MR) is 107 cm³/mol. The van der Waals surface area contributed by atoms with E-state index in [1.54, 1.807) is 0 Å². The Kier molecular flexibility index (Phi) is 4.42. The maximum absolute atomic E-state index is 13.0. The van der Waals surface area contributed by atoms with Gasteiger partial charge in [0.15, 0.2) is 17.9 Å². The smallest absolute Gasteiger partial charge is 0.231 e. The molecule has 4 heterocycles. The minimum atomic E-state index is -0.764. The number of likely N-dealkylation sites (tertiary alicyclic amines) is 1. The maximum atomic E-state index is 13.0. The summed E-state index contributed by atoms with van der Waals surface area (Å²) in [4.78, 5) is 14.9. The molecule has 0 spiro atoms. The highest BCUT2D eigenvalue weighted by atomic mass is 16.9. The van der Waals surface area contributed by atoms with E-state index in [0.29, 0.717) is 6.54 Å². The van der Waals surface area contributed by atoms with Crippen molar-refractivity contribution in [3.05, 3.63) is 35.9 Å².